The molecule has 0 bridgehead atoms. The highest BCUT2D eigenvalue weighted by molar-refractivity contribution is 7.99. The number of para-hydroxylation sites is 1. The normalized spacial score (nSPS) is 19.5. The fourth-order valence-corrected chi connectivity index (χ4v) is 3.39. The van der Waals surface area contributed by atoms with Crippen LogP contribution in [0.5, 0.6) is 5.75 Å². The van der Waals surface area contributed by atoms with Gasteiger partial charge in [0.2, 0.25) is 0 Å². The maximum atomic E-state index is 13.6. The first-order chi connectivity index (χ1) is 10.5. The standard InChI is InChI=1S/C15H18FNO4S/c1-10(21-13-5-3-2-4-12(13)16)15(20)17-6-7-22-9-11(17)8-14(18)19/h2-5,10-11H,6-9H2,1H3,(H,18,19). The molecule has 7 heteroatoms. The Morgan fingerprint density at radius 1 is 1.50 bits per heavy atom. The first kappa shape index (κ1) is 16.6. The lowest BCUT2D eigenvalue weighted by atomic mass is 10.1. The summed E-state index contributed by atoms with van der Waals surface area (Å²) in [4.78, 5) is 24.9. The van der Waals surface area contributed by atoms with E-state index >= 15 is 0 Å². The summed E-state index contributed by atoms with van der Waals surface area (Å²) in [7, 11) is 0. The zero-order chi connectivity index (χ0) is 16.1. The Balaban J connectivity index is 2.04. The van der Waals surface area contributed by atoms with Crippen LogP contribution in [-0.2, 0) is 9.59 Å². The fourth-order valence-electron chi connectivity index (χ4n) is 2.33. The number of halogens is 1. The predicted molar refractivity (Wildman–Crippen MR) is 81.6 cm³/mol. The van der Waals surface area contributed by atoms with E-state index in [-0.39, 0.29) is 24.1 Å². The van der Waals surface area contributed by atoms with E-state index in [4.69, 9.17) is 9.84 Å². The van der Waals surface area contributed by atoms with Gasteiger partial charge in [-0.25, -0.2) is 4.39 Å². The zero-order valence-corrected chi connectivity index (χ0v) is 13.0. The van der Waals surface area contributed by atoms with E-state index in [0.29, 0.717) is 12.3 Å². The van der Waals surface area contributed by atoms with E-state index in [2.05, 4.69) is 0 Å². The van der Waals surface area contributed by atoms with Gasteiger partial charge in [-0.15, -0.1) is 0 Å². The highest BCUT2D eigenvalue weighted by Gasteiger charge is 2.32. The van der Waals surface area contributed by atoms with Crippen LogP contribution in [0.2, 0.25) is 0 Å². The molecule has 1 aliphatic rings. The van der Waals surface area contributed by atoms with Crippen LogP contribution in [0.4, 0.5) is 4.39 Å². The van der Waals surface area contributed by atoms with Crippen LogP contribution >= 0.6 is 11.8 Å². The molecule has 1 fully saturated rings. The zero-order valence-electron chi connectivity index (χ0n) is 12.2. The minimum absolute atomic E-state index is 0.0181. The molecular weight excluding hydrogens is 309 g/mol. The third-order valence-corrected chi connectivity index (χ3v) is 4.50. The highest BCUT2D eigenvalue weighted by atomic mass is 32.2. The van der Waals surface area contributed by atoms with Crippen molar-refractivity contribution in [2.24, 2.45) is 0 Å². The molecule has 1 amide bonds. The molecule has 0 radical (unpaired) electrons. The van der Waals surface area contributed by atoms with Gasteiger partial charge in [0, 0.05) is 18.1 Å². The van der Waals surface area contributed by atoms with E-state index in [0.717, 1.165) is 5.75 Å². The van der Waals surface area contributed by atoms with Gasteiger partial charge in [-0.3, -0.25) is 9.59 Å². The number of carbonyl (C=O) groups is 2. The predicted octanol–water partition coefficient (Wildman–Crippen LogP) is 2.01. The van der Waals surface area contributed by atoms with Crippen molar-refractivity contribution >= 4 is 23.6 Å². The third kappa shape index (κ3) is 4.13. The second-order valence-electron chi connectivity index (χ2n) is 5.05. The molecule has 0 spiro atoms. The molecule has 1 heterocycles. The minimum Gasteiger partial charge on any atom is -0.481 e. The number of thioether (sulfide) groups is 1. The van der Waals surface area contributed by atoms with Gasteiger partial charge >= 0.3 is 5.97 Å². The van der Waals surface area contributed by atoms with Crippen LogP contribution in [0.25, 0.3) is 0 Å². The molecule has 0 saturated carbocycles. The average Bonchev–Trinajstić information content (AvgIpc) is 2.49. The topological polar surface area (TPSA) is 66.8 Å². The van der Waals surface area contributed by atoms with Crippen LogP contribution in [0.15, 0.2) is 24.3 Å². The van der Waals surface area contributed by atoms with Crippen molar-refractivity contribution in [3.63, 3.8) is 0 Å². The molecule has 1 N–H and O–H groups in total. The number of nitrogens with zero attached hydrogens (tertiary/aromatic N) is 1. The molecular formula is C15H18FNO4S. The van der Waals surface area contributed by atoms with Crippen molar-refractivity contribution in [2.75, 3.05) is 18.1 Å². The molecule has 1 aliphatic heterocycles. The van der Waals surface area contributed by atoms with Crippen molar-refractivity contribution < 1.29 is 23.8 Å². The number of benzene rings is 1. The summed E-state index contributed by atoms with van der Waals surface area (Å²) in [6, 6.07) is 5.53. The molecule has 5 nitrogen and oxygen atoms in total. The molecule has 2 atom stereocenters. The SMILES string of the molecule is CC(Oc1ccccc1F)C(=O)N1CCSCC1CC(=O)O. The lowest BCUT2D eigenvalue weighted by Gasteiger charge is -2.36. The Labute approximate surface area is 132 Å². The van der Waals surface area contributed by atoms with Gasteiger partial charge in [0.15, 0.2) is 17.7 Å². The summed E-state index contributed by atoms with van der Waals surface area (Å²) in [6.45, 7) is 2.03. The van der Waals surface area contributed by atoms with Crippen LogP contribution < -0.4 is 4.74 Å². The minimum atomic E-state index is -0.937. The van der Waals surface area contributed by atoms with Gasteiger partial charge in [-0.1, -0.05) is 12.1 Å². The van der Waals surface area contributed by atoms with Gasteiger partial charge in [0.05, 0.1) is 12.5 Å². The van der Waals surface area contributed by atoms with Crippen molar-refractivity contribution in [3.8, 4) is 5.75 Å². The van der Waals surface area contributed by atoms with E-state index in [1.54, 1.807) is 30.8 Å². The Morgan fingerprint density at radius 3 is 2.91 bits per heavy atom. The van der Waals surface area contributed by atoms with Gasteiger partial charge < -0.3 is 14.7 Å². The highest BCUT2D eigenvalue weighted by Crippen LogP contribution is 2.22. The van der Waals surface area contributed by atoms with Gasteiger partial charge in [-0.05, 0) is 19.1 Å². The molecule has 1 saturated heterocycles. The van der Waals surface area contributed by atoms with Crippen molar-refractivity contribution in [3.05, 3.63) is 30.1 Å². The lowest BCUT2D eigenvalue weighted by molar-refractivity contribution is -0.143. The fraction of sp³-hybridized carbons (Fsp3) is 0.467. The maximum absolute atomic E-state index is 13.6. The Hall–Kier alpha value is -1.76. The van der Waals surface area contributed by atoms with Gasteiger partial charge in [0.25, 0.3) is 5.91 Å². The molecule has 2 rings (SSSR count). The summed E-state index contributed by atoms with van der Waals surface area (Å²) in [5.41, 5.74) is 0. The summed E-state index contributed by atoms with van der Waals surface area (Å²) >= 11 is 1.63. The lowest BCUT2D eigenvalue weighted by Crippen LogP contribution is -2.51. The number of rotatable bonds is 5. The monoisotopic (exact) mass is 327 g/mol. The van der Waals surface area contributed by atoms with Crippen molar-refractivity contribution in [2.45, 2.75) is 25.5 Å². The quantitative estimate of drug-likeness (QED) is 0.896. The summed E-state index contributed by atoms with van der Waals surface area (Å²) in [5, 5.41) is 8.95. The van der Waals surface area contributed by atoms with Gasteiger partial charge in [-0.2, -0.15) is 11.8 Å². The average molecular weight is 327 g/mol. The molecule has 120 valence electrons. The summed E-state index contributed by atoms with van der Waals surface area (Å²) < 4.78 is 19.0. The number of carboxylic acid groups (broad SMARTS) is 1. The second kappa shape index (κ2) is 7.49. The first-order valence-electron chi connectivity index (χ1n) is 7.00. The van der Waals surface area contributed by atoms with Crippen LogP contribution in [0.3, 0.4) is 0 Å². The molecule has 1 aromatic carbocycles. The number of aliphatic carboxylic acids is 1. The van der Waals surface area contributed by atoms with Crippen molar-refractivity contribution in [1.29, 1.82) is 0 Å². The smallest absolute Gasteiger partial charge is 0.305 e. The largest absolute Gasteiger partial charge is 0.481 e. The molecule has 0 aromatic heterocycles. The summed E-state index contributed by atoms with van der Waals surface area (Å²) in [6.07, 6.45) is -0.957. The number of hydrogen-bond acceptors (Lipinski definition) is 4. The van der Waals surface area contributed by atoms with Crippen LogP contribution in [-0.4, -0.2) is 52.1 Å². The van der Waals surface area contributed by atoms with E-state index in [9.17, 15) is 14.0 Å². The van der Waals surface area contributed by atoms with Crippen molar-refractivity contribution in [1.82, 2.24) is 4.90 Å². The third-order valence-electron chi connectivity index (χ3n) is 3.41. The second-order valence-corrected chi connectivity index (χ2v) is 6.20. The van der Waals surface area contributed by atoms with E-state index in [1.165, 1.54) is 17.0 Å². The Kier molecular flexibility index (Phi) is 5.65. The van der Waals surface area contributed by atoms with Gasteiger partial charge in [0.1, 0.15) is 0 Å². The number of ether oxygens (including phenoxy) is 1. The number of carboxylic acids is 1. The van der Waals surface area contributed by atoms with Crippen LogP contribution in [0, 0.1) is 5.82 Å². The number of carbonyl (C=O) groups excluding carboxylic acids is 1. The Bertz CT molecular complexity index is 554. The molecule has 1 aromatic rings. The molecule has 22 heavy (non-hydrogen) atoms. The maximum Gasteiger partial charge on any atom is 0.305 e. The molecule has 2 unspecified atom stereocenters. The Morgan fingerprint density at radius 2 is 2.23 bits per heavy atom. The first-order valence-corrected chi connectivity index (χ1v) is 8.15. The van der Waals surface area contributed by atoms with Crippen LogP contribution in [0.1, 0.15) is 13.3 Å². The van der Waals surface area contributed by atoms with E-state index < -0.39 is 17.9 Å². The molecule has 0 aliphatic carbocycles. The number of amides is 1. The van der Waals surface area contributed by atoms with E-state index in [1.807, 2.05) is 0 Å². The number of hydrogen-bond donors (Lipinski definition) is 1. The summed E-state index contributed by atoms with van der Waals surface area (Å²) in [5.74, 6) is -0.413.